The lowest BCUT2D eigenvalue weighted by molar-refractivity contribution is 0.0863. The number of imidazole rings is 1. The first-order valence-electron chi connectivity index (χ1n) is 13.1. The average molecular weight is 480 g/mol. The number of rotatable bonds is 12. The van der Waals surface area contributed by atoms with Crippen LogP contribution in [0.15, 0.2) is 97.2 Å². The summed E-state index contributed by atoms with van der Waals surface area (Å²) >= 11 is 0. The first-order chi connectivity index (χ1) is 17.6. The maximum Gasteiger partial charge on any atom is 0.166 e. The Morgan fingerprint density at radius 3 is 2.14 bits per heavy atom. The van der Waals surface area contributed by atoms with Crippen molar-refractivity contribution in [2.75, 3.05) is 6.54 Å². The van der Waals surface area contributed by atoms with Crippen LogP contribution < -0.4 is 5.73 Å². The van der Waals surface area contributed by atoms with E-state index in [0.29, 0.717) is 13.1 Å². The number of nitrogens with two attached hydrogens (primary N) is 1. The highest BCUT2D eigenvalue weighted by Crippen LogP contribution is 2.39. The van der Waals surface area contributed by atoms with E-state index in [-0.39, 0.29) is 23.5 Å². The number of carbonyl (C=O) groups is 1. The van der Waals surface area contributed by atoms with E-state index in [2.05, 4.69) is 61.0 Å². The van der Waals surface area contributed by atoms with Crippen LogP contribution in [0.2, 0.25) is 0 Å². The molecule has 3 atom stereocenters. The fourth-order valence-corrected chi connectivity index (χ4v) is 5.06. The van der Waals surface area contributed by atoms with Gasteiger partial charge in [0.05, 0.1) is 5.69 Å². The third-order valence-corrected chi connectivity index (χ3v) is 7.18. The molecule has 0 aliphatic carbocycles. The quantitative estimate of drug-likeness (QED) is 0.223. The van der Waals surface area contributed by atoms with Crippen LogP contribution in [0.3, 0.4) is 0 Å². The normalized spacial score (nSPS) is 13.8. The second-order valence-corrected chi connectivity index (χ2v) is 9.64. The minimum absolute atomic E-state index is 0.0181. The Labute approximate surface area is 215 Å². The molecular formula is C32H37N3O. The van der Waals surface area contributed by atoms with E-state index < -0.39 is 0 Å². The lowest BCUT2D eigenvalue weighted by Crippen LogP contribution is -2.30. The Kier molecular flexibility index (Phi) is 8.85. The van der Waals surface area contributed by atoms with Gasteiger partial charge in [-0.1, -0.05) is 111 Å². The molecule has 2 N–H and O–H groups in total. The van der Waals surface area contributed by atoms with Gasteiger partial charge in [-0.2, -0.15) is 0 Å². The summed E-state index contributed by atoms with van der Waals surface area (Å²) in [6.07, 6.45) is 4.67. The minimum atomic E-state index is -0.188. The molecule has 0 aliphatic heterocycles. The maximum absolute atomic E-state index is 14.0. The second-order valence-electron chi connectivity index (χ2n) is 9.64. The van der Waals surface area contributed by atoms with Crippen molar-refractivity contribution in [1.82, 2.24) is 9.55 Å². The molecule has 4 heteroatoms. The van der Waals surface area contributed by atoms with Crippen LogP contribution >= 0.6 is 0 Å². The van der Waals surface area contributed by atoms with Crippen LogP contribution in [0.5, 0.6) is 0 Å². The SMILES string of the molecule is CC[C@@H](C)[C@H](c1nc(-c2ccccc2)cn1Cc1ccccc1)C(CCCN)C(=O)c1ccccc1. The van der Waals surface area contributed by atoms with E-state index in [0.717, 1.165) is 41.9 Å². The molecule has 1 heterocycles. The van der Waals surface area contributed by atoms with Gasteiger partial charge in [0.25, 0.3) is 0 Å². The summed E-state index contributed by atoms with van der Waals surface area (Å²) in [5.41, 5.74) is 9.95. The van der Waals surface area contributed by atoms with Gasteiger partial charge in [-0.15, -0.1) is 0 Å². The van der Waals surface area contributed by atoms with E-state index in [4.69, 9.17) is 10.7 Å². The summed E-state index contributed by atoms with van der Waals surface area (Å²) in [6, 6.07) is 30.5. The van der Waals surface area contributed by atoms with Gasteiger partial charge in [0.2, 0.25) is 0 Å². The van der Waals surface area contributed by atoms with E-state index in [1.165, 1.54) is 5.56 Å². The highest BCUT2D eigenvalue weighted by molar-refractivity contribution is 5.98. The van der Waals surface area contributed by atoms with E-state index in [1.807, 2.05) is 54.6 Å². The molecule has 3 aromatic carbocycles. The molecule has 1 unspecified atom stereocenters. The molecule has 4 nitrogen and oxygen atoms in total. The number of hydrogen-bond donors (Lipinski definition) is 1. The standard InChI is InChI=1S/C32H37N3O/c1-3-24(2)30(28(20-13-21-33)31(36)27-18-11-6-12-19-27)32-34-29(26-16-9-5-10-17-26)23-35(32)22-25-14-7-4-8-15-25/h4-12,14-19,23-24,28,30H,3,13,20-22,33H2,1-2H3/t24-,28?,30+/m1/s1. The van der Waals surface area contributed by atoms with Crippen LogP contribution in [0.4, 0.5) is 0 Å². The zero-order chi connectivity index (χ0) is 25.3. The average Bonchev–Trinajstić information content (AvgIpc) is 3.34. The van der Waals surface area contributed by atoms with Gasteiger partial charge < -0.3 is 10.3 Å². The summed E-state index contributed by atoms with van der Waals surface area (Å²) in [7, 11) is 0. The molecule has 0 saturated heterocycles. The fourth-order valence-electron chi connectivity index (χ4n) is 5.06. The summed E-state index contributed by atoms with van der Waals surface area (Å²) in [5.74, 6) is 1.24. The number of Topliss-reactive ketones (excluding diaryl/α,β-unsaturated/α-hetero) is 1. The van der Waals surface area contributed by atoms with Crippen molar-refractivity contribution in [3.8, 4) is 11.3 Å². The maximum atomic E-state index is 14.0. The Balaban J connectivity index is 1.84. The molecule has 186 valence electrons. The summed E-state index contributed by atoms with van der Waals surface area (Å²) in [6.45, 7) is 5.74. The van der Waals surface area contributed by atoms with E-state index in [1.54, 1.807) is 0 Å². The summed E-state index contributed by atoms with van der Waals surface area (Å²) in [5, 5.41) is 0. The highest BCUT2D eigenvalue weighted by Gasteiger charge is 2.36. The molecule has 4 rings (SSSR count). The van der Waals surface area contributed by atoms with Crippen LogP contribution in [-0.2, 0) is 6.54 Å². The van der Waals surface area contributed by atoms with Gasteiger partial charge in [-0.3, -0.25) is 4.79 Å². The number of carbonyl (C=O) groups excluding carboxylic acids is 1. The molecule has 0 amide bonds. The van der Waals surface area contributed by atoms with E-state index >= 15 is 0 Å². The third kappa shape index (κ3) is 6.00. The third-order valence-electron chi connectivity index (χ3n) is 7.18. The van der Waals surface area contributed by atoms with Gasteiger partial charge in [-0.05, 0) is 30.9 Å². The molecule has 0 saturated carbocycles. The number of hydrogen-bond acceptors (Lipinski definition) is 3. The van der Waals surface area contributed by atoms with Crippen molar-refractivity contribution < 1.29 is 4.79 Å². The predicted octanol–water partition coefficient (Wildman–Crippen LogP) is 6.97. The smallest absolute Gasteiger partial charge is 0.166 e. The van der Waals surface area contributed by atoms with Crippen LogP contribution in [0, 0.1) is 11.8 Å². The van der Waals surface area contributed by atoms with Crippen molar-refractivity contribution in [2.45, 2.75) is 45.6 Å². The Morgan fingerprint density at radius 2 is 1.53 bits per heavy atom. The molecular weight excluding hydrogens is 442 g/mol. The van der Waals surface area contributed by atoms with Crippen molar-refractivity contribution in [1.29, 1.82) is 0 Å². The molecule has 0 bridgehead atoms. The Bertz CT molecular complexity index is 1220. The monoisotopic (exact) mass is 479 g/mol. The second kappa shape index (κ2) is 12.5. The van der Waals surface area contributed by atoms with Gasteiger partial charge >= 0.3 is 0 Å². The molecule has 0 radical (unpaired) electrons. The number of benzene rings is 3. The number of nitrogens with zero attached hydrogens (tertiary/aromatic N) is 2. The number of ketones is 1. The predicted molar refractivity (Wildman–Crippen MR) is 148 cm³/mol. The number of aromatic nitrogens is 2. The summed E-state index contributed by atoms with van der Waals surface area (Å²) in [4.78, 5) is 19.2. The Morgan fingerprint density at radius 1 is 0.917 bits per heavy atom. The lowest BCUT2D eigenvalue weighted by Gasteiger charge is -2.31. The van der Waals surface area contributed by atoms with Gasteiger partial charge in [0.1, 0.15) is 5.82 Å². The van der Waals surface area contributed by atoms with E-state index in [9.17, 15) is 4.79 Å². The molecule has 4 aromatic rings. The fraction of sp³-hybridized carbons (Fsp3) is 0.312. The van der Waals surface area contributed by atoms with Gasteiger partial charge in [0.15, 0.2) is 5.78 Å². The summed E-state index contributed by atoms with van der Waals surface area (Å²) < 4.78 is 2.27. The highest BCUT2D eigenvalue weighted by atomic mass is 16.1. The molecule has 0 aliphatic rings. The molecule has 0 spiro atoms. The van der Waals surface area contributed by atoms with Crippen molar-refractivity contribution in [3.63, 3.8) is 0 Å². The van der Waals surface area contributed by atoms with Gasteiger partial charge in [-0.25, -0.2) is 4.98 Å². The van der Waals surface area contributed by atoms with Crippen LogP contribution in [0.25, 0.3) is 11.3 Å². The van der Waals surface area contributed by atoms with Crippen LogP contribution in [0.1, 0.15) is 60.8 Å². The lowest BCUT2D eigenvalue weighted by atomic mass is 9.74. The van der Waals surface area contributed by atoms with Crippen molar-refractivity contribution >= 4 is 5.78 Å². The zero-order valence-corrected chi connectivity index (χ0v) is 21.4. The van der Waals surface area contributed by atoms with Crippen molar-refractivity contribution in [2.24, 2.45) is 17.6 Å². The molecule has 0 fully saturated rings. The van der Waals surface area contributed by atoms with Crippen LogP contribution in [-0.4, -0.2) is 21.9 Å². The largest absolute Gasteiger partial charge is 0.330 e. The molecule has 36 heavy (non-hydrogen) atoms. The Hall–Kier alpha value is -3.50. The van der Waals surface area contributed by atoms with Crippen molar-refractivity contribution in [3.05, 3.63) is 114 Å². The minimum Gasteiger partial charge on any atom is -0.330 e. The first-order valence-corrected chi connectivity index (χ1v) is 13.1. The van der Waals surface area contributed by atoms with Gasteiger partial charge in [0, 0.05) is 35.7 Å². The molecule has 1 aromatic heterocycles. The first kappa shape index (κ1) is 25.6. The zero-order valence-electron chi connectivity index (χ0n) is 21.4. The topological polar surface area (TPSA) is 60.9 Å².